The van der Waals surface area contributed by atoms with Crippen molar-refractivity contribution in [3.05, 3.63) is 82.4 Å². The van der Waals surface area contributed by atoms with Crippen LogP contribution in [0.1, 0.15) is 23.6 Å². The molecule has 3 aromatic rings. The lowest BCUT2D eigenvalue weighted by atomic mass is 9.95. The summed E-state index contributed by atoms with van der Waals surface area (Å²) in [5.74, 6) is -0.502. The summed E-state index contributed by atoms with van der Waals surface area (Å²) in [7, 11) is 0. The zero-order valence-electron chi connectivity index (χ0n) is 18.2. The number of halogens is 1. The monoisotopic (exact) mass is 523 g/mol. The molecule has 1 aromatic heterocycles. The summed E-state index contributed by atoms with van der Waals surface area (Å²) < 4.78 is 14.0. The van der Waals surface area contributed by atoms with Crippen LogP contribution in [-0.2, 0) is 16.1 Å². The smallest absolute Gasteiger partial charge is 0.295 e. The van der Waals surface area contributed by atoms with Crippen LogP contribution in [0.4, 0.5) is 0 Å². The Bertz CT molecular complexity index is 1250. The molecule has 0 radical (unpaired) electrons. The van der Waals surface area contributed by atoms with Crippen LogP contribution in [0.3, 0.4) is 0 Å². The molecule has 1 fully saturated rings. The number of hydrogen-bond donors (Lipinski definition) is 1. The van der Waals surface area contributed by atoms with Gasteiger partial charge in [0.25, 0.3) is 11.7 Å². The first-order valence-electron chi connectivity index (χ1n) is 10.9. The SMILES string of the molecule is O=C1C(=O)N(CCCn2ccnc2)[C@@H](c2ccc(Br)cc2)C1=C(O)c1ccc2c(c1)OCCO2. The van der Waals surface area contributed by atoms with E-state index in [1.807, 2.05) is 35.0 Å². The lowest BCUT2D eigenvalue weighted by molar-refractivity contribution is -0.139. The van der Waals surface area contributed by atoms with E-state index < -0.39 is 17.7 Å². The Kier molecular flexibility index (Phi) is 6.10. The maximum Gasteiger partial charge on any atom is 0.295 e. The van der Waals surface area contributed by atoms with Crippen LogP contribution in [0.25, 0.3) is 5.76 Å². The number of ether oxygens (including phenoxy) is 2. The number of rotatable bonds is 6. The van der Waals surface area contributed by atoms with Gasteiger partial charge in [0.2, 0.25) is 0 Å². The van der Waals surface area contributed by atoms with Crippen molar-refractivity contribution >= 4 is 33.4 Å². The molecule has 1 N–H and O–H groups in total. The van der Waals surface area contributed by atoms with E-state index in [0.29, 0.717) is 49.8 Å². The van der Waals surface area contributed by atoms with Gasteiger partial charge in [0.05, 0.1) is 17.9 Å². The topological polar surface area (TPSA) is 93.9 Å². The number of imidazole rings is 1. The highest BCUT2D eigenvalue weighted by atomic mass is 79.9. The summed E-state index contributed by atoms with van der Waals surface area (Å²) in [6.45, 7) is 1.85. The molecule has 0 bridgehead atoms. The molecular formula is C25H22BrN3O5. The molecular weight excluding hydrogens is 502 g/mol. The van der Waals surface area contributed by atoms with E-state index in [2.05, 4.69) is 20.9 Å². The lowest BCUT2D eigenvalue weighted by Crippen LogP contribution is -2.31. The van der Waals surface area contributed by atoms with Crippen molar-refractivity contribution in [1.82, 2.24) is 14.5 Å². The van der Waals surface area contributed by atoms with Crippen LogP contribution in [0.15, 0.2) is 71.2 Å². The van der Waals surface area contributed by atoms with Gasteiger partial charge in [-0.25, -0.2) is 4.98 Å². The Balaban J connectivity index is 1.53. The average Bonchev–Trinajstić information content (AvgIpc) is 3.46. The summed E-state index contributed by atoms with van der Waals surface area (Å²) in [6, 6.07) is 11.7. The van der Waals surface area contributed by atoms with Gasteiger partial charge in [-0.2, -0.15) is 0 Å². The quantitative estimate of drug-likeness (QED) is 0.299. The minimum Gasteiger partial charge on any atom is -0.507 e. The van der Waals surface area contributed by atoms with Crippen molar-refractivity contribution < 1.29 is 24.2 Å². The molecule has 8 nitrogen and oxygen atoms in total. The number of amides is 1. The van der Waals surface area contributed by atoms with E-state index in [1.54, 1.807) is 30.7 Å². The predicted molar refractivity (Wildman–Crippen MR) is 127 cm³/mol. The Morgan fingerprint density at radius 1 is 1.06 bits per heavy atom. The number of aliphatic hydroxyl groups excluding tert-OH is 1. The number of Topliss-reactive ketones (excluding diaryl/α,β-unsaturated/α-hetero) is 1. The van der Waals surface area contributed by atoms with Crippen molar-refractivity contribution in [2.45, 2.75) is 19.0 Å². The average molecular weight is 524 g/mol. The van der Waals surface area contributed by atoms with E-state index in [9.17, 15) is 14.7 Å². The molecule has 5 rings (SSSR count). The van der Waals surface area contributed by atoms with Gasteiger partial charge in [-0.3, -0.25) is 9.59 Å². The van der Waals surface area contributed by atoms with Crippen molar-refractivity contribution in [1.29, 1.82) is 0 Å². The van der Waals surface area contributed by atoms with E-state index in [1.165, 1.54) is 4.90 Å². The molecule has 3 heterocycles. The summed E-state index contributed by atoms with van der Waals surface area (Å²) in [5, 5.41) is 11.3. The maximum atomic E-state index is 13.2. The number of aromatic nitrogens is 2. The number of benzene rings is 2. The highest BCUT2D eigenvalue weighted by Gasteiger charge is 2.45. The zero-order valence-corrected chi connectivity index (χ0v) is 19.8. The number of aliphatic hydroxyl groups is 1. The van der Waals surface area contributed by atoms with E-state index in [-0.39, 0.29) is 11.3 Å². The molecule has 0 saturated carbocycles. The molecule has 1 saturated heterocycles. The van der Waals surface area contributed by atoms with Crippen molar-refractivity contribution in [3.63, 3.8) is 0 Å². The number of fused-ring (bicyclic) bond motifs is 1. The number of carbonyl (C=O) groups excluding carboxylic acids is 2. The van der Waals surface area contributed by atoms with Crippen LogP contribution in [0.2, 0.25) is 0 Å². The predicted octanol–water partition coefficient (Wildman–Crippen LogP) is 3.93. The maximum absolute atomic E-state index is 13.2. The third-order valence-electron chi connectivity index (χ3n) is 5.92. The number of aryl methyl sites for hydroxylation is 1. The Morgan fingerprint density at radius 2 is 1.82 bits per heavy atom. The first kappa shape index (κ1) is 22.2. The van der Waals surface area contributed by atoms with Crippen molar-refractivity contribution in [3.8, 4) is 11.5 Å². The van der Waals surface area contributed by atoms with Crippen LogP contribution in [-0.4, -0.2) is 51.0 Å². The number of ketones is 1. The molecule has 174 valence electrons. The molecule has 0 spiro atoms. The molecule has 9 heteroatoms. The standard InChI is InChI=1S/C25H22BrN3O5/c26-18-5-2-16(3-6-18)22-21(23(30)17-4-7-19-20(14-17)34-13-12-33-19)24(31)25(32)29(22)10-1-9-28-11-8-27-15-28/h2-8,11,14-15,22,30H,1,9-10,12-13H2/t22-/m0/s1. The fraction of sp³-hybridized carbons (Fsp3) is 0.240. The fourth-order valence-electron chi connectivity index (χ4n) is 4.29. The van der Waals surface area contributed by atoms with Crippen molar-refractivity contribution in [2.24, 2.45) is 0 Å². The number of likely N-dealkylation sites (tertiary alicyclic amines) is 1. The largest absolute Gasteiger partial charge is 0.507 e. The molecule has 2 aliphatic heterocycles. The lowest BCUT2D eigenvalue weighted by Gasteiger charge is -2.25. The summed E-state index contributed by atoms with van der Waals surface area (Å²) >= 11 is 3.43. The van der Waals surface area contributed by atoms with Gasteiger partial charge < -0.3 is 24.0 Å². The van der Waals surface area contributed by atoms with Crippen LogP contribution < -0.4 is 9.47 Å². The molecule has 1 amide bonds. The first-order chi connectivity index (χ1) is 16.5. The minimum atomic E-state index is -0.706. The number of carbonyl (C=O) groups is 2. The normalized spacial score (nSPS) is 19.0. The first-order valence-corrected chi connectivity index (χ1v) is 11.7. The summed E-state index contributed by atoms with van der Waals surface area (Å²) in [6.07, 6.45) is 5.88. The van der Waals surface area contributed by atoms with Gasteiger partial charge >= 0.3 is 0 Å². The zero-order chi connectivity index (χ0) is 23.7. The van der Waals surface area contributed by atoms with Crippen molar-refractivity contribution in [2.75, 3.05) is 19.8 Å². The second kappa shape index (κ2) is 9.34. The van der Waals surface area contributed by atoms with E-state index >= 15 is 0 Å². The van der Waals surface area contributed by atoms with Gasteiger partial charge in [0.15, 0.2) is 11.5 Å². The molecule has 1 atom stereocenters. The van der Waals surface area contributed by atoms with Crippen LogP contribution in [0.5, 0.6) is 11.5 Å². The number of nitrogens with zero attached hydrogens (tertiary/aromatic N) is 3. The summed E-state index contributed by atoms with van der Waals surface area (Å²) in [4.78, 5) is 31.8. The molecule has 2 aromatic carbocycles. The van der Waals surface area contributed by atoms with Gasteiger partial charge in [-0.05, 0) is 42.3 Å². The summed E-state index contributed by atoms with van der Waals surface area (Å²) in [5.41, 5.74) is 1.19. The second-order valence-electron chi connectivity index (χ2n) is 8.06. The molecule has 2 aliphatic rings. The van der Waals surface area contributed by atoms with Gasteiger partial charge in [0, 0.05) is 35.5 Å². The van der Waals surface area contributed by atoms with Crippen LogP contribution >= 0.6 is 15.9 Å². The third kappa shape index (κ3) is 4.19. The highest BCUT2D eigenvalue weighted by molar-refractivity contribution is 9.10. The number of hydrogen-bond acceptors (Lipinski definition) is 6. The van der Waals surface area contributed by atoms with Gasteiger partial charge in [0.1, 0.15) is 19.0 Å². The third-order valence-corrected chi connectivity index (χ3v) is 6.44. The van der Waals surface area contributed by atoms with Gasteiger partial charge in [-0.1, -0.05) is 28.1 Å². The van der Waals surface area contributed by atoms with E-state index in [4.69, 9.17) is 9.47 Å². The van der Waals surface area contributed by atoms with E-state index in [0.717, 1.165) is 10.0 Å². The van der Waals surface area contributed by atoms with Gasteiger partial charge in [-0.15, -0.1) is 0 Å². The molecule has 0 unspecified atom stereocenters. The Morgan fingerprint density at radius 3 is 2.56 bits per heavy atom. The second-order valence-corrected chi connectivity index (χ2v) is 8.97. The molecule has 34 heavy (non-hydrogen) atoms. The molecule has 0 aliphatic carbocycles. The Hall–Kier alpha value is -3.59. The Labute approximate surface area is 204 Å². The fourth-order valence-corrected chi connectivity index (χ4v) is 4.56. The van der Waals surface area contributed by atoms with Crippen LogP contribution in [0, 0.1) is 0 Å². The minimum absolute atomic E-state index is 0.0617. The highest BCUT2D eigenvalue weighted by Crippen LogP contribution is 2.41.